The number of rotatable bonds is 6. The van der Waals surface area contributed by atoms with Crippen LogP contribution in [-0.4, -0.2) is 59.2 Å². The number of ether oxygens (including phenoxy) is 1. The predicted octanol–water partition coefficient (Wildman–Crippen LogP) is 4.55. The second-order valence-corrected chi connectivity index (χ2v) is 9.57. The number of alkyl halides is 3. The summed E-state index contributed by atoms with van der Waals surface area (Å²) in [7, 11) is 1.78. The lowest BCUT2D eigenvalue weighted by molar-refractivity contribution is -0.137. The molecule has 9 heteroatoms. The Balaban J connectivity index is 1.39. The van der Waals surface area contributed by atoms with E-state index in [-0.39, 0.29) is 18.4 Å². The van der Waals surface area contributed by atoms with Gasteiger partial charge >= 0.3 is 6.18 Å². The highest BCUT2D eigenvalue weighted by atomic mass is 19.4. The van der Waals surface area contributed by atoms with Crippen molar-refractivity contribution in [1.82, 2.24) is 20.2 Å². The lowest BCUT2D eigenvalue weighted by Crippen LogP contribution is -2.52. The first-order valence-corrected chi connectivity index (χ1v) is 12.3. The van der Waals surface area contributed by atoms with E-state index in [2.05, 4.69) is 15.3 Å². The summed E-state index contributed by atoms with van der Waals surface area (Å²) in [4.78, 5) is 23.6. The predicted molar refractivity (Wildman–Crippen MR) is 126 cm³/mol. The molecule has 1 amide bonds. The lowest BCUT2D eigenvalue weighted by atomic mass is 9.90. The van der Waals surface area contributed by atoms with Crippen LogP contribution < -0.4 is 5.32 Å². The van der Waals surface area contributed by atoms with Crippen LogP contribution in [0.1, 0.15) is 71.4 Å². The number of likely N-dealkylation sites (tertiary alicyclic amines) is 1. The maximum Gasteiger partial charge on any atom is 0.416 e. The minimum Gasteiger partial charge on any atom is -0.380 e. The van der Waals surface area contributed by atoms with Crippen LogP contribution in [0.15, 0.2) is 30.6 Å². The number of nitrogens with zero attached hydrogens (tertiary/aromatic N) is 3. The van der Waals surface area contributed by atoms with Gasteiger partial charge in [-0.25, -0.2) is 9.97 Å². The van der Waals surface area contributed by atoms with E-state index in [9.17, 15) is 18.0 Å². The molecule has 190 valence electrons. The molecule has 2 atom stereocenters. The van der Waals surface area contributed by atoms with Gasteiger partial charge in [0.2, 0.25) is 0 Å². The van der Waals surface area contributed by atoms with Crippen LogP contribution in [-0.2, 0) is 17.3 Å². The van der Waals surface area contributed by atoms with Gasteiger partial charge in [-0.2, -0.15) is 13.2 Å². The van der Waals surface area contributed by atoms with Gasteiger partial charge in [-0.1, -0.05) is 31.0 Å². The standard InChI is InChI=1S/C26H33F3N4O2/c1-17-22(15-18-6-5-7-19(14-18)26(27,28)29)30-16-31-24(17)25(34)33-12-10-20(11-13-33)32-21-8-3-4-9-23(21)35-2/h5-7,14,16,20-21,23,32H,3-4,8-13,15H2,1-2H3. The maximum atomic E-state index is 13.3. The summed E-state index contributed by atoms with van der Waals surface area (Å²) in [5.41, 5.74) is 1.28. The molecular weight excluding hydrogens is 457 g/mol. The van der Waals surface area contributed by atoms with Gasteiger partial charge in [0.25, 0.3) is 5.91 Å². The molecule has 1 aliphatic heterocycles. The largest absolute Gasteiger partial charge is 0.416 e. The molecule has 0 bridgehead atoms. The molecule has 2 heterocycles. The SMILES string of the molecule is COC1CCCCC1NC1CCN(C(=O)c2ncnc(Cc3cccc(C(F)(F)F)c3)c2C)CC1. The molecule has 2 aliphatic rings. The van der Waals surface area contributed by atoms with Gasteiger partial charge in [0, 0.05) is 44.3 Å². The van der Waals surface area contributed by atoms with Crippen molar-refractivity contribution in [2.45, 2.75) is 76.2 Å². The summed E-state index contributed by atoms with van der Waals surface area (Å²) in [6.07, 6.45) is 3.72. The van der Waals surface area contributed by atoms with Crippen molar-refractivity contribution in [3.05, 3.63) is 58.7 Å². The zero-order valence-corrected chi connectivity index (χ0v) is 20.3. The molecule has 2 fully saturated rings. The van der Waals surface area contributed by atoms with Gasteiger partial charge in [0.1, 0.15) is 12.0 Å². The first-order valence-electron chi connectivity index (χ1n) is 12.3. The molecular formula is C26H33F3N4O2. The molecule has 1 aromatic carbocycles. The van der Waals surface area contributed by atoms with E-state index in [1.807, 2.05) is 4.90 Å². The van der Waals surface area contributed by atoms with Crippen molar-refractivity contribution in [2.75, 3.05) is 20.2 Å². The lowest BCUT2D eigenvalue weighted by Gasteiger charge is -2.38. The van der Waals surface area contributed by atoms with Crippen molar-refractivity contribution in [1.29, 1.82) is 0 Å². The van der Waals surface area contributed by atoms with Crippen molar-refractivity contribution in [2.24, 2.45) is 0 Å². The molecule has 4 rings (SSSR count). The Bertz CT molecular complexity index is 1020. The summed E-state index contributed by atoms with van der Waals surface area (Å²) in [5, 5.41) is 3.75. The monoisotopic (exact) mass is 490 g/mol. The summed E-state index contributed by atoms with van der Waals surface area (Å²) >= 11 is 0. The zero-order chi connectivity index (χ0) is 25.0. The third-order valence-corrected chi connectivity index (χ3v) is 7.25. The molecule has 1 aromatic heterocycles. The van der Waals surface area contributed by atoms with E-state index in [0.29, 0.717) is 47.7 Å². The van der Waals surface area contributed by atoms with Crippen LogP contribution in [0.4, 0.5) is 13.2 Å². The molecule has 1 saturated heterocycles. The van der Waals surface area contributed by atoms with Gasteiger partial charge in [0.15, 0.2) is 0 Å². The Labute approximate surface area is 204 Å². The normalized spacial score (nSPS) is 21.8. The number of benzene rings is 1. The third-order valence-electron chi connectivity index (χ3n) is 7.25. The number of hydrogen-bond donors (Lipinski definition) is 1. The van der Waals surface area contributed by atoms with E-state index < -0.39 is 11.7 Å². The third kappa shape index (κ3) is 6.19. The van der Waals surface area contributed by atoms with Crippen LogP contribution in [0, 0.1) is 6.92 Å². The van der Waals surface area contributed by atoms with E-state index in [4.69, 9.17) is 4.74 Å². The Morgan fingerprint density at radius 3 is 2.60 bits per heavy atom. The summed E-state index contributed by atoms with van der Waals surface area (Å²) in [5.74, 6) is -0.152. The molecule has 1 aliphatic carbocycles. The first-order chi connectivity index (χ1) is 16.8. The van der Waals surface area contributed by atoms with Crippen LogP contribution in [0.2, 0.25) is 0 Å². The second-order valence-electron chi connectivity index (χ2n) is 9.57. The van der Waals surface area contributed by atoms with Gasteiger partial charge in [-0.15, -0.1) is 0 Å². The highest BCUT2D eigenvalue weighted by Crippen LogP contribution is 2.30. The Hall–Kier alpha value is -2.52. The number of methoxy groups -OCH3 is 1. The van der Waals surface area contributed by atoms with Crippen molar-refractivity contribution in [3.8, 4) is 0 Å². The molecule has 0 radical (unpaired) electrons. The number of halogens is 3. The smallest absolute Gasteiger partial charge is 0.380 e. The van der Waals surface area contributed by atoms with E-state index in [1.54, 1.807) is 20.1 Å². The number of piperidine rings is 1. The number of amides is 1. The molecule has 1 N–H and O–H groups in total. The number of hydrogen-bond acceptors (Lipinski definition) is 5. The van der Waals surface area contributed by atoms with Gasteiger partial charge < -0.3 is 15.0 Å². The van der Waals surface area contributed by atoms with E-state index in [0.717, 1.165) is 37.8 Å². The van der Waals surface area contributed by atoms with Crippen molar-refractivity contribution >= 4 is 5.91 Å². The number of nitrogens with one attached hydrogen (secondary N) is 1. The fraction of sp³-hybridized carbons (Fsp3) is 0.577. The molecule has 0 spiro atoms. The summed E-state index contributed by atoms with van der Waals surface area (Å²) < 4.78 is 44.9. The van der Waals surface area contributed by atoms with Gasteiger partial charge in [-0.05, 0) is 44.2 Å². The topological polar surface area (TPSA) is 67.3 Å². The Kier molecular flexibility index (Phi) is 8.06. The average Bonchev–Trinajstić information content (AvgIpc) is 2.85. The molecule has 35 heavy (non-hydrogen) atoms. The Morgan fingerprint density at radius 1 is 1.14 bits per heavy atom. The van der Waals surface area contributed by atoms with E-state index >= 15 is 0 Å². The fourth-order valence-corrected chi connectivity index (χ4v) is 5.20. The van der Waals surface area contributed by atoms with Gasteiger partial charge in [-0.3, -0.25) is 4.79 Å². The highest BCUT2D eigenvalue weighted by molar-refractivity contribution is 5.93. The maximum absolute atomic E-state index is 13.3. The van der Waals surface area contributed by atoms with Crippen LogP contribution in [0.5, 0.6) is 0 Å². The minimum atomic E-state index is -4.40. The minimum absolute atomic E-state index is 0.152. The molecule has 1 saturated carbocycles. The number of aromatic nitrogens is 2. The van der Waals surface area contributed by atoms with Crippen LogP contribution in [0.25, 0.3) is 0 Å². The number of carbonyl (C=O) groups is 1. The average molecular weight is 491 g/mol. The highest BCUT2D eigenvalue weighted by Gasteiger charge is 2.32. The van der Waals surface area contributed by atoms with Crippen LogP contribution >= 0.6 is 0 Å². The van der Waals surface area contributed by atoms with Gasteiger partial charge in [0.05, 0.1) is 17.4 Å². The zero-order valence-electron chi connectivity index (χ0n) is 20.3. The first kappa shape index (κ1) is 25.6. The molecule has 2 aromatic rings. The molecule has 2 unspecified atom stereocenters. The van der Waals surface area contributed by atoms with Crippen LogP contribution in [0.3, 0.4) is 0 Å². The molecule has 6 nitrogen and oxygen atoms in total. The van der Waals surface area contributed by atoms with Crippen molar-refractivity contribution < 1.29 is 22.7 Å². The number of carbonyl (C=O) groups excluding carboxylic acids is 1. The van der Waals surface area contributed by atoms with Crippen molar-refractivity contribution in [3.63, 3.8) is 0 Å². The van der Waals surface area contributed by atoms with E-state index in [1.165, 1.54) is 25.2 Å². The quantitative estimate of drug-likeness (QED) is 0.644. The summed E-state index contributed by atoms with van der Waals surface area (Å²) in [6.45, 7) is 3.03. The fourth-order valence-electron chi connectivity index (χ4n) is 5.20. The summed E-state index contributed by atoms with van der Waals surface area (Å²) in [6, 6.07) is 5.91. The second kappa shape index (κ2) is 11.0. The Morgan fingerprint density at radius 2 is 1.89 bits per heavy atom.